The van der Waals surface area contributed by atoms with Crippen molar-refractivity contribution in [3.05, 3.63) is 47.5 Å². The normalized spacial score (nSPS) is 22.4. The lowest BCUT2D eigenvalue weighted by Crippen LogP contribution is -2.52. The summed E-state index contributed by atoms with van der Waals surface area (Å²) in [5.41, 5.74) is 1.74. The number of benzene rings is 2. The summed E-state index contributed by atoms with van der Waals surface area (Å²) in [5, 5.41) is 12.1. The van der Waals surface area contributed by atoms with E-state index in [4.69, 9.17) is 18.9 Å². The molecule has 1 aliphatic carbocycles. The van der Waals surface area contributed by atoms with Crippen LogP contribution in [0.3, 0.4) is 0 Å². The van der Waals surface area contributed by atoms with Crippen LogP contribution in [0.5, 0.6) is 23.0 Å². The fraction of sp³-hybridized carbons (Fsp3) is 0.500. The van der Waals surface area contributed by atoms with Crippen LogP contribution in [0.1, 0.15) is 51.2 Å². The molecular weight excluding hydrogens is 488 g/mol. The second kappa shape index (κ2) is 10.5. The van der Waals surface area contributed by atoms with Crippen molar-refractivity contribution in [2.45, 2.75) is 59.2 Å². The zero-order valence-corrected chi connectivity index (χ0v) is 22.1. The van der Waals surface area contributed by atoms with Crippen molar-refractivity contribution in [3.8, 4) is 23.0 Å². The Bertz CT molecular complexity index is 1200. The summed E-state index contributed by atoms with van der Waals surface area (Å²) in [6.45, 7) is 8.33. The Morgan fingerprint density at radius 2 is 1.32 bits per heavy atom. The molecule has 2 aromatic carbocycles. The first kappa shape index (κ1) is 25.8. The molecule has 4 amide bonds. The molecule has 204 valence electrons. The van der Waals surface area contributed by atoms with E-state index in [1.807, 2.05) is 36.4 Å². The number of carbonyl (C=O) groups excluding carboxylic acids is 2. The number of carbonyl (C=O) groups is 2. The van der Waals surface area contributed by atoms with Crippen molar-refractivity contribution in [2.24, 2.45) is 10.8 Å². The highest BCUT2D eigenvalue weighted by Crippen LogP contribution is 2.45. The highest BCUT2D eigenvalue weighted by Gasteiger charge is 2.41. The minimum absolute atomic E-state index is 0.000928. The van der Waals surface area contributed by atoms with Crippen LogP contribution in [-0.4, -0.2) is 38.2 Å². The number of fused-ring (bicyclic) bond motifs is 2. The maximum atomic E-state index is 12.7. The quantitative estimate of drug-likeness (QED) is 0.434. The van der Waals surface area contributed by atoms with Gasteiger partial charge in [-0.3, -0.25) is 0 Å². The molecule has 38 heavy (non-hydrogen) atoms. The van der Waals surface area contributed by atoms with Crippen molar-refractivity contribution in [1.29, 1.82) is 0 Å². The molecule has 4 N–H and O–H groups in total. The van der Waals surface area contributed by atoms with Gasteiger partial charge in [0.1, 0.15) is 0 Å². The molecule has 3 aliphatic rings. The summed E-state index contributed by atoms with van der Waals surface area (Å²) >= 11 is 0. The first-order valence-electron chi connectivity index (χ1n) is 13.0. The van der Waals surface area contributed by atoms with Crippen molar-refractivity contribution in [3.63, 3.8) is 0 Å². The molecule has 0 saturated heterocycles. The zero-order chi connectivity index (χ0) is 26.8. The lowest BCUT2D eigenvalue weighted by Gasteiger charge is -2.46. The standard InChI is InChI=1S/C28H36N4O6/c1-27(2)10-20(32-26(34)30-13-19-5-7-22-24(9-19)38-17-36-22)11-28(3,14-27)15-31-25(33)29-12-18-4-6-21-23(8-18)37-16-35-21/h4-9,20H,10-17H2,1-3H3,(H2,29,31,33)(H2,30,32,34)/t20-,28+/m0/s1. The number of urea groups is 2. The molecule has 0 radical (unpaired) electrons. The highest BCUT2D eigenvalue weighted by atomic mass is 16.7. The van der Waals surface area contributed by atoms with Crippen LogP contribution in [0, 0.1) is 10.8 Å². The molecule has 10 nitrogen and oxygen atoms in total. The Kier molecular flexibility index (Phi) is 7.14. The molecule has 2 aliphatic heterocycles. The van der Waals surface area contributed by atoms with E-state index in [9.17, 15) is 9.59 Å². The average molecular weight is 525 g/mol. The third-order valence-corrected chi connectivity index (χ3v) is 7.23. The Hall–Kier alpha value is -3.82. The number of nitrogens with one attached hydrogen (secondary N) is 4. The molecule has 10 heteroatoms. The predicted molar refractivity (Wildman–Crippen MR) is 140 cm³/mol. The summed E-state index contributed by atoms with van der Waals surface area (Å²) in [6, 6.07) is 10.9. The molecule has 0 spiro atoms. The van der Waals surface area contributed by atoms with Gasteiger partial charge >= 0.3 is 12.1 Å². The monoisotopic (exact) mass is 524 g/mol. The third kappa shape index (κ3) is 6.35. The lowest BCUT2D eigenvalue weighted by atomic mass is 9.62. The maximum absolute atomic E-state index is 12.7. The maximum Gasteiger partial charge on any atom is 0.315 e. The molecule has 2 aromatic rings. The van der Waals surface area contributed by atoms with Crippen LogP contribution < -0.4 is 40.2 Å². The molecule has 2 heterocycles. The topological polar surface area (TPSA) is 119 Å². The summed E-state index contributed by atoms with van der Waals surface area (Å²) < 4.78 is 21.5. The molecule has 1 saturated carbocycles. The van der Waals surface area contributed by atoms with Gasteiger partial charge in [-0.15, -0.1) is 0 Å². The first-order valence-corrected chi connectivity index (χ1v) is 13.0. The third-order valence-electron chi connectivity index (χ3n) is 7.23. The van der Waals surface area contributed by atoms with Gasteiger partial charge < -0.3 is 40.2 Å². The Labute approximate surface area is 222 Å². The van der Waals surface area contributed by atoms with E-state index in [2.05, 4.69) is 42.0 Å². The summed E-state index contributed by atoms with van der Waals surface area (Å²) in [4.78, 5) is 25.3. The number of hydrogen-bond acceptors (Lipinski definition) is 6. The number of ether oxygens (including phenoxy) is 4. The Balaban J connectivity index is 1.09. The largest absolute Gasteiger partial charge is 0.454 e. The molecule has 1 fully saturated rings. The van der Waals surface area contributed by atoms with Gasteiger partial charge in [0.2, 0.25) is 13.6 Å². The average Bonchev–Trinajstić information content (AvgIpc) is 3.52. The van der Waals surface area contributed by atoms with E-state index in [1.165, 1.54) is 0 Å². The molecule has 0 bridgehead atoms. The SMILES string of the molecule is CC1(C)C[C@H](NC(=O)NCc2ccc3c(c2)OCO3)C[C@@](C)(CNC(=O)NCc2ccc3c(c2)OCO3)C1. The smallest absolute Gasteiger partial charge is 0.315 e. The van der Waals surface area contributed by atoms with Crippen LogP contribution in [0.2, 0.25) is 0 Å². The van der Waals surface area contributed by atoms with Crippen molar-refractivity contribution in [1.82, 2.24) is 21.3 Å². The summed E-state index contributed by atoms with van der Waals surface area (Å²) in [6.07, 6.45) is 2.59. The molecule has 5 rings (SSSR count). The van der Waals surface area contributed by atoms with Crippen molar-refractivity contribution < 1.29 is 28.5 Å². The van der Waals surface area contributed by atoms with Gasteiger partial charge in [-0.05, 0) is 65.5 Å². The van der Waals surface area contributed by atoms with Crippen LogP contribution in [0.4, 0.5) is 9.59 Å². The zero-order valence-electron chi connectivity index (χ0n) is 22.1. The summed E-state index contributed by atoms with van der Waals surface area (Å²) in [5.74, 6) is 2.83. The van der Waals surface area contributed by atoms with Gasteiger partial charge in [-0.1, -0.05) is 32.9 Å². The van der Waals surface area contributed by atoms with Crippen molar-refractivity contribution >= 4 is 12.1 Å². The molecule has 2 atom stereocenters. The van der Waals surface area contributed by atoms with Gasteiger partial charge in [0.05, 0.1) is 0 Å². The van der Waals surface area contributed by atoms with E-state index in [0.29, 0.717) is 31.1 Å². The molecule has 0 aromatic heterocycles. The van der Waals surface area contributed by atoms with Crippen LogP contribution in [0.25, 0.3) is 0 Å². The fourth-order valence-electron chi connectivity index (χ4n) is 5.93. The number of rotatable bonds is 7. The lowest BCUT2D eigenvalue weighted by molar-refractivity contribution is 0.0749. The van der Waals surface area contributed by atoms with E-state index in [0.717, 1.165) is 41.9 Å². The van der Waals surface area contributed by atoms with E-state index in [1.54, 1.807) is 0 Å². The van der Waals surface area contributed by atoms with Crippen molar-refractivity contribution in [2.75, 3.05) is 20.1 Å². The van der Waals surface area contributed by atoms with Crippen LogP contribution in [0.15, 0.2) is 36.4 Å². The summed E-state index contributed by atoms with van der Waals surface area (Å²) in [7, 11) is 0. The number of hydrogen-bond donors (Lipinski definition) is 4. The fourth-order valence-corrected chi connectivity index (χ4v) is 5.93. The van der Waals surface area contributed by atoms with E-state index >= 15 is 0 Å². The van der Waals surface area contributed by atoms with Gasteiger partial charge in [0, 0.05) is 25.7 Å². The highest BCUT2D eigenvalue weighted by molar-refractivity contribution is 5.74. The van der Waals surface area contributed by atoms with Crippen LogP contribution in [-0.2, 0) is 13.1 Å². The van der Waals surface area contributed by atoms with Gasteiger partial charge in [0.15, 0.2) is 23.0 Å². The van der Waals surface area contributed by atoms with Crippen LogP contribution >= 0.6 is 0 Å². The van der Waals surface area contributed by atoms with E-state index in [-0.39, 0.29) is 42.5 Å². The predicted octanol–water partition coefficient (Wildman–Crippen LogP) is 4.03. The minimum atomic E-state index is -0.224. The second-order valence-corrected chi connectivity index (χ2v) is 11.5. The minimum Gasteiger partial charge on any atom is -0.454 e. The first-order chi connectivity index (χ1) is 18.2. The Morgan fingerprint density at radius 1 is 0.763 bits per heavy atom. The second-order valence-electron chi connectivity index (χ2n) is 11.5. The van der Waals surface area contributed by atoms with Gasteiger partial charge in [-0.25, -0.2) is 9.59 Å². The van der Waals surface area contributed by atoms with Gasteiger partial charge in [-0.2, -0.15) is 0 Å². The Morgan fingerprint density at radius 3 is 1.92 bits per heavy atom. The van der Waals surface area contributed by atoms with Gasteiger partial charge in [0.25, 0.3) is 0 Å². The number of amides is 4. The van der Waals surface area contributed by atoms with E-state index < -0.39 is 0 Å². The molecule has 0 unspecified atom stereocenters. The molecular formula is C28H36N4O6.